The zero-order valence-corrected chi connectivity index (χ0v) is 9.38. The van der Waals surface area contributed by atoms with Crippen LogP contribution in [0.15, 0.2) is 24.3 Å². The third kappa shape index (κ3) is 3.55. The highest BCUT2D eigenvalue weighted by molar-refractivity contribution is 5.67. The Kier molecular flexibility index (Phi) is 4.31. The second-order valence-electron chi connectivity index (χ2n) is 3.82. The highest BCUT2D eigenvalue weighted by Crippen LogP contribution is 2.27. The van der Waals surface area contributed by atoms with Crippen molar-refractivity contribution in [3.8, 4) is 5.75 Å². The summed E-state index contributed by atoms with van der Waals surface area (Å²) >= 11 is 0. The SMILES string of the molecule is CC(C)Oc1ccccc1[C@@H](O)CC(=O)O. The van der Waals surface area contributed by atoms with Gasteiger partial charge in [-0.3, -0.25) is 4.79 Å². The lowest BCUT2D eigenvalue weighted by Gasteiger charge is -2.16. The number of aliphatic carboxylic acids is 1. The maximum atomic E-state index is 10.5. The van der Waals surface area contributed by atoms with E-state index in [-0.39, 0.29) is 12.5 Å². The van der Waals surface area contributed by atoms with Crippen molar-refractivity contribution in [2.75, 3.05) is 0 Å². The van der Waals surface area contributed by atoms with Crippen molar-refractivity contribution in [3.05, 3.63) is 29.8 Å². The van der Waals surface area contributed by atoms with Gasteiger partial charge in [0.2, 0.25) is 0 Å². The quantitative estimate of drug-likeness (QED) is 0.802. The van der Waals surface area contributed by atoms with Crippen LogP contribution in [-0.2, 0) is 4.79 Å². The van der Waals surface area contributed by atoms with Gasteiger partial charge < -0.3 is 14.9 Å². The molecule has 0 saturated carbocycles. The molecule has 1 rings (SSSR count). The second kappa shape index (κ2) is 5.51. The summed E-state index contributed by atoms with van der Waals surface area (Å²) in [5.74, 6) is -0.502. The van der Waals surface area contributed by atoms with Crippen LogP contribution < -0.4 is 4.74 Å². The summed E-state index contributed by atoms with van der Waals surface area (Å²) < 4.78 is 5.50. The number of carboxylic acid groups (broad SMARTS) is 1. The third-order valence-corrected chi connectivity index (χ3v) is 2.01. The van der Waals surface area contributed by atoms with Crippen LogP contribution >= 0.6 is 0 Å². The van der Waals surface area contributed by atoms with Crippen molar-refractivity contribution in [1.29, 1.82) is 0 Å². The van der Waals surface area contributed by atoms with Crippen molar-refractivity contribution in [3.63, 3.8) is 0 Å². The van der Waals surface area contributed by atoms with Crippen LogP contribution in [0.1, 0.15) is 31.9 Å². The summed E-state index contributed by atoms with van der Waals surface area (Å²) in [6.45, 7) is 3.75. The van der Waals surface area contributed by atoms with Crippen molar-refractivity contribution < 1.29 is 19.7 Å². The van der Waals surface area contributed by atoms with Gasteiger partial charge >= 0.3 is 5.97 Å². The van der Waals surface area contributed by atoms with Crippen molar-refractivity contribution in [2.24, 2.45) is 0 Å². The first kappa shape index (κ1) is 12.5. The summed E-state index contributed by atoms with van der Waals surface area (Å²) in [7, 11) is 0. The molecule has 0 aliphatic rings. The predicted molar refractivity (Wildman–Crippen MR) is 59.4 cm³/mol. The molecule has 0 heterocycles. The molecule has 0 unspecified atom stereocenters. The van der Waals surface area contributed by atoms with Gasteiger partial charge in [0.15, 0.2) is 0 Å². The summed E-state index contributed by atoms with van der Waals surface area (Å²) in [6.07, 6.45) is -1.37. The normalized spacial score (nSPS) is 12.5. The fourth-order valence-corrected chi connectivity index (χ4v) is 1.39. The number of aliphatic hydroxyl groups excluding tert-OH is 1. The van der Waals surface area contributed by atoms with E-state index in [4.69, 9.17) is 9.84 Å². The molecule has 0 spiro atoms. The summed E-state index contributed by atoms with van der Waals surface area (Å²) in [5, 5.41) is 18.3. The molecule has 1 atom stereocenters. The fraction of sp³-hybridized carbons (Fsp3) is 0.417. The van der Waals surface area contributed by atoms with E-state index < -0.39 is 12.1 Å². The molecule has 0 bridgehead atoms. The van der Waals surface area contributed by atoms with Crippen molar-refractivity contribution in [2.45, 2.75) is 32.5 Å². The molecular formula is C12H16O4. The maximum absolute atomic E-state index is 10.5. The van der Waals surface area contributed by atoms with Crippen LogP contribution in [0, 0.1) is 0 Å². The van der Waals surface area contributed by atoms with Crippen LogP contribution in [0.3, 0.4) is 0 Å². The Balaban J connectivity index is 2.89. The summed E-state index contributed by atoms with van der Waals surface area (Å²) in [4.78, 5) is 10.5. The monoisotopic (exact) mass is 224 g/mol. The van der Waals surface area contributed by atoms with E-state index in [1.165, 1.54) is 0 Å². The lowest BCUT2D eigenvalue weighted by molar-refractivity contribution is -0.139. The van der Waals surface area contributed by atoms with Crippen molar-refractivity contribution >= 4 is 5.97 Å². The lowest BCUT2D eigenvalue weighted by Crippen LogP contribution is -2.11. The van der Waals surface area contributed by atoms with Crippen LogP contribution in [0.25, 0.3) is 0 Å². The van der Waals surface area contributed by atoms with Gasteiger partial charge in [0.05, 0.1) is 18.6 Å². The Hall–Kier alpha value is -1.55. The summed E-state index contributed by atoms with van der Waals surface area (Å²) in [5.41, 5.74) is 0.513. The minimum Gasteiger partial charge on any atom is -0.491 e. The Morgan fingerprint density at radius 3 is 2.56 bits per heavy atom. The Morgan fingerprint density at radius 2 is 2.00 bits per heavy atom. The number of hydrogen-bond acceptors (Lipinski definition) is 3. The van der Waals surface area contributed by atoms with Crippen LogP contribution in [0.2, 0.25) is 0 Å². The van der Waals surface area contributed by atoms with Crippen molar-refractivity contribution in [1.82, 2.24) is 0 Å². The molecule has 4 nitrogen and oxygen atoms in total. The largest absolute Gasteiger partial charge is 0.491 e. The maximum Gasteiger partial charge on any atom is 0.306 e. The van der Waals surface area contributed by atoms with E-state index in [1.54, 1.807) is 24.3 Å². The molecule has 1 aromatic carbocycles. The van der Waals surface area contributed by atoms with Gasteiger partial charge in [0.25, 0.3) is 0 Å². The molecule has 1 aromatic rings. The molecule has 0 aliphatic carbocycles. The molecule has 0 fully saturated rings. The molecular weight excluding hydrogens is 208 g/mol. The van der Waals surface area contributed by atoms with Gasteiger partial charge in [-0.25, -0.2) is 0 Å². The number of benzene rings is 1. The first-order valence-electron chi connectivity index (χ1n) is 5.16. The van der Waals surface area contributed by atoms with Crippen LogP contribution in [-0.4, -0.2) is 22.3 Å². The number of hydrogen-bond donors (Lipinski definition) is 2. The van der Waals surface area contributed by atoms with Gasteiger partial charge in [-0.1, -0.05) is 18.2 Å². The molecule has 4 heteroatoms. The number of carboxylic acids is 1. The topological polar surface area (TPSA) is 66.8 Å². The molecule has 0 saturated heterocycles. The smallest absolute Gasteiger partial charge is 0.306 e. The second-order valence-corrected chi connectivity index (χ2v) is 3.82. The molecule has 2 N–H and O–H groups in total. The standard InChI is InChI=1S/C12H16O4/c1-8(2)16-11-6-4-3-5-9(11)10(13)7-12(14)15/h3-6,8,10,13H,7H2,1-2H3,(H,14,15)/t10-/m0/s1. The van der Waals surface area contributed by atoms with Crippen LogP contribution in [0.4, 0.5) is 0 Å². The highest BCUT2D eigenvalue weighted by atomic mass is 16.5. The number of aliphatic hydroxyl groups is 1. The zero-order valence-electron chi connectivity index (χ0n) is 9.38. The Morgan fingerprint density at radius 1 is 1.38 bits per heavy atom. The lowest BCUT2D eigenvalue weighted by atomic mass is 10.1. The Labute approximate surface area is 94.5 Å². The van der Waals surface area contributed by atoms with Crippen LogP contribution in [0.5, 0.6) is 5.75 Å². The summed E-state index contributed by atoms with van der Waals surface area (Å²) in [6, 6.07) is 6.92. The van der Waals surface area contributed by atoms with Gasteiger partial charge in [0, 0.05) is 5.56 Å². The van der Waals surface area contributed by atoms with E-state index in [1.807, 2.05) is 13.8 Å². The molecule has 88 valence electrons. The van der Waals surface area contributed by atoms with E-state index >= 15 is 0 Å². The van der Waals surface area contributed by atoms with E-state index in [9.17, 15) is 9.90 Å². The molecule has 0 amide bonds. The van der Waals surface area contributed by atoms with Gasteiger partial charge in [-0.2, -0.15) is 0 Å². The fourth-order valence-electron chi connectivity index (χ4n) is 1.39. The van der Waals surface area contributed by atoms with E-state index in [0.29, 0.717) is 11.3 Å². The van der Waals surface area contributed by atoms with Gasteiger partial charge in [0.1, 0.15) is 5.75 Å². The van der Waals surface area contributed by atoms with Gasteiger partial charge in [-0.15, -0.1) is 0 Å². The number of rotatable bonds is 5. The highest BCUT2D eigenvalue weighted by Gasteiger charge is 2.16. The predicted octanol–water partition coefficient (Wildman–Crippen LogP) is 1.98. The number of carbonyl (C=O) groups is 1. The third-order valence-electron chi connectivity index (χ3n) is 2.01. The molecule has 0 radical (unpaired) electrons. The number of ether oxygens (including phenoxy) is 1. The van der Waals surface area contributed by atoms with Gasteiger partial charge in [-0.05, 0) is 19.9 Å². The minimum absolute atomic E-state index is 0.0156. The first-order chi connectivity index (χ1) is 7.50. The average molecular weight is 224 g/mol. The molecule has 0 aliphatic heterocycles. The number of para-hydroxylation sites is 1. The minimum atomic E-state index is -1.04. The molecule has 0 aromatic heterocycles. The zero-order chi connectivity index (χ0) is 12.1. The average Bonchev–Trinajstić information content (AvgIpc) is 2.16. The molecule has 16 heavy (non-hydrogen) atoms. The van der Waals surface area contributed by atoms with E-state index in [2.05, 4.69) is 0 Å². The van der Waals surface area contributed by atoms with E-state index in [0.717, 1.165) is 0 Å². The first-order valence-corrected chi connectivity index (χ1v) is 5.16. The Bertz CT molecular complexity index is 360.